The molecule has 8 nitrogen and oxygen atoms in total. The van der Waals surface area contributed by atoms with Crippen molar-refractivity contribution < 1.29 is 4.21 Å². The number of rotatable bonds is 5. The van der Waals surface area contributed by atoms with Crippen molar-refractivity contribution in [3.8, 4) is 17.3 Å². The van der Waals surface area contributed by atoms with Crippen LogP contribution in [0, 0.1) is 17.2 Å². The fraction of sp³-hybridized carbons (Fsp3) is 0.333. The Morgan fingerprint density at radius 3 is 3.12 bits per heavy atom. The average Bonchev–Trinajstić information content (AvgIpc) is 3.64. The predicted octanol–water partition coefficient (Wildman–Crippen LogP) is 3.47. The maximum Gasteiger partial charge on any atom is 0.141 e. The Bertz CT molecular complexity index is 1400. The Morgan fingerprint density at radius 1 is 1.27 bits per heavy atom. The van der Waals surface area contributed by atoms with Crippen molar-refractivity contribution in [3.63, 3.8) is 0 Å². The van der Waals surface area contributed by atoms with E-state index in [-0.39, 0.29) is 6.04 Å². The van der Waals surface area contributed by atoms with Crippen LogP contribution in [0.5, 0.6) is 0 Å². The number of hydrogen-bond donors (Lipinski definition) is 1. The zero-order chi connectivity index (χ0) is 22.4. The van der Waals surface area contributed by atoms with Gasteiger partial charge in [-0.15, -0.1) is 0 Å². The quantitative estimate of drug-likeness (QED) is 0.492. The summed E-state index contributed by atoms with van der Waals surface area (Å²) in [5, 5.41) is 11.3. The zero-order valence-electron chi connectivity index (χ0n) is 18.0. The van der Waals surface area contributed by atoms with E-state index in [1.165, 1.54) is 0 Å². The number of aryl methyl sites for hydroxylation is 1. The van der Waals surface area contributed by atoms with Crippen LogP contribution in [-0.2, 0) is 17.2 Å². The van der Waals surface area contributed by atoms with E-state index in [1.807, 2.05) is 18.3 Å². The predicted molar refractivity (Wildman–Crippen MR) is 126 cm³/mol. The van der Waals surface area contributed by atoms with Crippen LogP contribution in [0.4, 0.5) is 5.82 Å². The topological polar surface area (TPSA) is 103 Å². The van der Waals surface area contributed by atoms with Gasteiger partial charge in [0.05, 0.1) is 35.0 Å². The van der Waals surface area contributed by atoms with Gasteiger partial charge in [0.25, 0.3) is 0 Å². The molecule has 0 saturated carbocycles. The van der Waals surface area contributed by atoms with Crippen LogP contribution in [0.15, 0.2) is 54.2 Å². The van der Waals surface area contributed by atoms with Crippen molar-refractivity contribution in [3.05, 3.63) is 54.7 Å². The second-order valence-electron chi connectivity index (χ2n) is 8.67. The van der Waals surface area contributed by atoms with E-state index in [9.17, 15) is 9.47 Å². The highest BCUT2D eigenvalue weighted by Gasteiger charge is 2.32. The molecule has 3 unspecified atom stereocenters. The number of nitriles is 1. The van der Waals surface area contributed by atoms with Crippen molar-refractivity contribution in [2.75, 3.05) is 23.7 Å². The maximum absolute atomic E-state index is 12.2. The molecule has 1 saturated heterocycles. The van der Waals surface area contributed by atoms with Gasteiger partial charge in [0.1, 0.15) is 22.8 Å². The van der Waals surface area contributed by atoms with E-state index in [2.05, 4.69) is 55.0 Å². The third-order valence-corrected chi connectivity index (χ3v) is 8.17. The molecule has 0 bridgehead atoms. The van der Waals surface area contributed by atoms with Crippen LogP contribution in [0.25, 0.3) is 22.3 Å². The number of fused-ring (bicyclic) bond motifs is 2. The normalized spacial score (nSPS) is 20.8. The van der Waals surface area contributed by atoms with E-state index in [1.54, 1.807) is 6.33 Å². The fourth-order valence-corrected chi connectivity index (χ4v) is 6.36. The first-order chi connectivity index (χ1) is 16.2. The molecule has 2 aliphatic heterocycles. The van der Waals surface area contributed by atoms with Crippen LogP contribution in [0.3, 0.4) is 0 Å². The summed E-state index contributed by atoms with van der Waals surface area (Å²) in [5.41, 5.74) is 3.83. The number of pyridine rings is 1. The number of nitrogens with zero attached hydrogens (tertiary/aromatic N) is 6. The van der Waals surface area contributed by atoms with E-state index in [0.29, 0.717) is 18.1 Å². The van der Waals surface area contributed by atoms with E-state index >= 15 is 0 Å². The Kier molecular flexibility index (Phi) is 4.95. The van der Waals surface area contributed by atoms with Crippen LogP contribution < -0.4 is 4.90 Å². The standard InChI is InChI=1S/C24H23N7OS/c25-8-3-20(30-10-6-18(14-30)22-19-4-9-26-23(19)28-15-27-22)17-5-11-31(13-17)21-2-1-16-7-12-33(32)24(16)29-21/h1-2,4,6,9-10,14-15,17,20H,3,5,7,11-13H2,(H,26,27,28). The summed E-state index contributed by atoms with van der Waals surface area (Å²) in [4.78, 5) is 18.9. The van der Waals surface area contributed by atoms with Crippen molar-refractivity contribution in [1.82, 2.24) is 24.5 Å². The molecule has 0 spiro atoms. The second-order valence-corrected chi connectivity index (χ2v) is 10.2. The lowest BCUT2D eigenvalue weighted by molar-refractivity contribution is 0.360. The van der Waals surface area contributed by atoms with Gasteiger partial charge in [-0.3, -0.25) is 4.21 Å². The summed E-state index contributed by atoms with van der Waals surface area (Å²) in [5.74, 6) is 1.89. The first kappa shape index (κ1) is 20.1. The lowest BCUT2D eigenvalue weighted by atomic mass is 9.96. The average molecular weight is 458 g/mol. The van der Waals surface area contributed by atoms with Crippen LogP contribution in [-0.4, -0.2) is 47.6 Å². The molecule has 0 amide bonds. The van der Waals surface area contributed by atoms with Crippen molar-refractivity contribution in [2.24, 2.45) is 5.92 Å². The molecule has 4 aromatic rings. The van der Waals surface area contributed by atoms with Crippen molar-refractivity contribution >= 4 is 27.7 Å². The number of hydrogen-bond acceptors (Lipinski definition) is 6. The number of H-pyrrole nitrogens is 1. The first-order valence-corrected chi connectivity index (χ1v) is 12.5. The van der Waals surface area contributed by atoms with Crippen molar-refractivity contribution in [2.45, 2.75) is 30.3 Å². The Labute approximate surface area is 193 Å². The molecule has 1 N–H and O–H groups in total. The summed E-state index contributed by atoms with van der Waals surface area (Å²) in [7, 11) is -0.979. The van der Waals surface area contributed by atoms with E-state index in [4.69, 9.17) is 4.98 Å². The SMILES string of the molecule is N#CCC(C1CCN(c2ccc3c(n2)S(=O)CC3)C1)n1ccc(-c2ncnc3[nH]ccc23)c1. The Morgan fingerprint density at radius 2 is 2.21 bits per heavy atom. The minimum Gasteiger partial charge on any atom is -0.356 e. The molecule has 2 aliphatic rings. The Balaban J connectivity index is 1.25. The van der Waals surface area contributed by atoms with E-state index in [0.717, 1.165) is 64.6 Å². The summed E-state index contributed by atoms with van der Waals surface area (Å²) < 4.78 is 14.4. The lowest BCUT2D eigenvalue weighted by Gasteiger charge is -2.24. The summed E-state index contributed by atoms with van der Waals surface area (Å²) in [6.45, 7) is 1.71. The largest absolute Gasteiger partial charge is 0.356 e. The minimum atomic E-state index is -0.979. The van der Waals surface area contributed by atoms with Gasteiger partial charge in [-0.1, -0.05) is 6.07 Å². The van der Waals surface area contributed by atoms with Gasteiger partial charge in [0.2, 0.25) is 0 Å². The molecule has 3 atom stereocenters. The molecule has 0 aromatic carbocycles. The molecule has 0 aliphatic carbocycles. The first-order valence-electron chi connectivity index (χ1n) is 11.2. The molecular weight excluding hydrogens is 434 g/mol. The highest BCUT2D eigenvalue weighted by molar-refractivity contribution is 7.85. The van der Waals surface area contributed by atoms with Gasteiger partial charge in [0, 0.05) is 48.4 Å². The van der Waals surface area contributed by atoms with Gasteiger partial charge >= 0.3 is 0 Å². The highest BCUT2D eigenvalue weighted by Crippen LogP contribution is 2.35. The van der Waals surface area contributed by atoms with Crippen LogP contribution in [0.2, 0.25) is 0 Å². The third-order valence-electron chi connectivity index (χ3n) is 6.81. The van der Waals surface area contributed by atoms with Gasteiger partial charge in [-0.25, -0.2) is 15.0 Å². The van der Waals surface area contributed by atoms with Crippen molar-refractivity contribution in [1.29, 1.82) is 5.26 Å². The smallest absolute Gasteiger partial charge is 0.141 e. The summed E-state index contributed by atoms with van der Waals surface area (Å²) >= 11 is 0. The molecule has 33 heavy (non-hydrogen) atoms. The van der Waals surface area contributed by atoms with Crippen LogP contribution in [0.1, 0.15) is 24.4 Å². The second kappa shape index (κ2) is 8.12. The molecule has 6 heterocycles. The molecule has 4 aromatic heterocycles. The Hall–Kier alpha value is -3.51. The third kappa shape index (κ3) is 3.51. The summed E-state index contributed by atoms with van der Waals surface area (Å²) in [6, 6.07) is 10.6. The maximum atomic E-state index is 12.2. The van der Waals surface area contributed by atoms with Gasteiger partial charge in [-0.05, 0) is 42.5 Å². The molecule has 6 rings (SSSR count). The highest BCUT2D eigenvalue weighted by atomic mass is 32.2. The zero-order valence-corrected chi connectivity index (χ0v) is 18.8. The van der Waals surface area contributed by atoms with Gasteiger partial charge in [0.15, 0.2) is 0 Å². The van der Waals surface area contributed by atoms with Crippen LogP contribution >= 0.6 is 0 Å². The lowest BCUT2D eigenvalue weighted by Crippen LogP contribution is -2.25. The number of aromatic nitrogens is 5. The minimum absolute atomic E-state index is 0.0702. The number of anilines is 1. The van der Waals surface area contributed by atoms with Gasteiger partial charge in [-0.2, -0.15) is 5.26 Å². The molecule has 0 radical (unpaired) electrons. The molecular formula is C24H23N7OS. The van der Waals surface area contributed by atoms with Gasteiger partial charge < -0.3 is 14.5 Å². The summed E-state index contributed by atoms with van der Waals surface area (Å²) in [6.07, 6.45) is 9.86. The molecule has 166 valence electrons. The monoisotopic (exact) mass is 457 g/mol. The van der Waals surface area contributed by atoms with E-state index < -0.39 is 10.8 Å². The number of aromatic amines is 1. The molecule has 9 heteroatoms. The molecule has 1 fully saturated rings. The fourth-order valence-electron chi connectivity index (χ4n) is 5.10. The number of nitrogens with one attached hydrogen (secondary N) is 1.